The smallest absolute Gasteiger partial charge is 0.115 e. The highest BCUT2D eigenvalue weighted by Gasteiger charge is 2.53. The van der Waals surface area contributed by atoms with Crippen molar-refractivity contribution in [2.75, 3.05) is 13.1 Å². The van der Waals surface area contributed by atoms with Crippen molar-refractivity contribution in [2.24, 2.45) is 5.92 Å². The van der Waals surface area contributed by atoms with E-state index < -0.39 is 0 Å². The van der Waals surface area contributed by atoms with E-state index in [2.05, 4.69) is 47.4 Å². The van der Waals surface area contributed by atoms with Gasteiger partial charge in [-0.1, -0.05) is 49.2 Å². The number of rotatable bonds is 3. The average molecular weight is 428 g/mol. The van der Waals surface area contributed by atoms with Gasteiger partial charge >= 0.3 is 0 Å². The van der Waals surface area contributed by atoms with Crippen LogP contribution in [-0.2, 0) is 18.3 Å². The molecule has 1 saturated heterocycles. The van der Waals surface area contributed by atoms with E-state index in [0.29, 0.717) is 17.2 Å². The minimum absolute atomic E-state index is 0. The number of piperidine rings is 1. The van der Waals surface area contributed by atoms with E-state index in [9.17, 15) is 5.11 Å². The maximum Gasteiger partial charge on any atom is 0.115 e. The van der Waals surface area contributed by atoms with E-state index in [4.69, 9.17) is 0 Å². The molecular formula is C24H30BrNO. The zero-order valence-electron chi connectivity index (χ0n) is 15.9. The summed E-state index contributed by atoms with van der Waals surface area (Å²) >= 11 is 0. The molecule has 0 radical (unpaired) electrons. The van der Waals surface area contributed by atoms with Gasteiger partial charge in [0.1, 0.15) is 5.75 Å². The van der Waals surface area contributed by atoms with Crippen molar-refractivity contribution in [1.29, 1.82) is 0 Å². The molecule has 1 heterocycles. The molecule has 144 valence electrons. The molecule has 2 aliphatic carbocycles. The number of aromatic hydroxyl groups is 1. The topological polar surface area (TPSA) is 23.5 Å². The molecular weight excluding hydrogens is 398 g/mol. The molecule has 2 fully saturated rings. The largest absolute Gasteiger partial charge is 0.508 e. The normalized spacial score (nSPS) is 29.3. The van der Waals surface area contributed by atoms with Gasteiger partial charge in [-0.15, -0.1) is 17.0 Å². The Morgan fingerprint density at radius 1 is 1.04 bits per heavy atom. The second-order valence-electron chi connectivity index (χ2n) is 8.64. The highest BCUT2D eigenvalue weighted by molar-refractivity contribution is 8.93. The van der Waals surface area contributed by atoms with Crippen LogP contribution < -0.4 is 0 Å². The SMILES string of the molecule is Br.Oc1ccc2c(c1)[C@@]13CCCC[C@H]1[C@H](C2)N(CCc1ccccc1)CC3. The van der Waals surface area contributed by atoms with Crippen LogP contribution >= 0.6 is 17.0 Å². The van der Waals surface area contributed by atoms with E-state index in [0.717, 1.165) is 18.8 Å². The molecule has 1 saturated carbocycles. The van der Waals surface area contributed by atoms with Crippen LogP contribution in [0.4, 0.5) is 0 Å². The summed E-state index contributed by atoms with van der Waals surface area (Å²) in [4.78, 5) is 2.79. The van der Waals surface area contributed by atoms with Crippen LogP contribution in [-0.4, -0.2) is 29.1 Å². The molecule has 5 rings (SSSR count). The standard InChI is InChI=1S/C24H29NO.BrH/c26-20-10-9-19-16-23-21-8-4-5-12-24(21,22(19)17-20)13-15-25(23)14-11-18-6-2-1-3-7-18;/h1-3,6-7,9-10,17,21,23,26H,4-5,8,11-16H2;1H/t21-,23-,24+;/m0./s1. The maximum atomic E-state index is 10.1. The Kier molecular flexibility index (Phi) is 5.35. The third-order valence-corrected chi connectivity index (χ3v) is 7.47. The van der Waals surface area contributed by atoms with E-state index >= 15 is 0 Å². The highest BCUT2D eigenvalue weighted by Crippen LogP contribution is 2.56. The van der Waals surface area contributed by atoms with Crippen LogP contribution in [0.5, 0.6) is 5.75 Å². The zero-order valence-corrected chi connectivity index (χ0v) is 17.7. The third kappa shape index (κ3) is 3.23. The molecule has 3 atom stereocenters. The number of phenols is 1. The third-order valence-electron chi connectivity index (χ3n) is 7.47. The Hall–Kier alpha value is -1.32. The fraction of sp³-hybridized carbons (Fsp3) is 0.500. The predicted octanol–water partition coefficient (Wildman–Crippen LogP) is 5.27. The van der Waals surface area contributed by atoms with Gasteiger partial charge in [0, 0.05) is 18.0 Å². The number of fused-ring (bicyclic) bond motifs is 1. The average Bonchev–Trinajstić information content (AvgIpc) is 2.69. The van der Waals surface area contributed by atoms with Crippen LogP contribution in [0, 0.1) is 5.92 Å². The van der Waals surface area contributed by atoms with Gasteiger partial charge in [0.05, 0.1) is 0 Å². The Morgan fingerprint density at radius 3 is 2.74 bits per heavy atom. The van der Waals surface area contributed by atoms with Crippen molar-refractivity contribution in [3.63, 3.8) is 0 Å². The van der Waals surface area contributed by atoms with Gasteiger partial charge in [-0.2, -0.15) is 0 Å². The first-order valence-electron chi connectivity index (χ1n) is 10.4. The van der Waals surface area contributed by atoms with Crippen molar-refractivity contribution in [3.8, 4) is 5.75 Å². The molecule has 3 aliphatic rings. The molecule has 0 aromatic heterocycles. The van der Waals surface area contributed by atoms with Crippen LogP contribution in [0.1, 0.15) is 48.8 Å². The summed E-state index contributed by atoms with van der Waals surface area (Å²) in [5.74, 6) is 1.22. The van der Waals surface area contributed by atoms with Gasteiger partial charge in [-0.05, 0) is 73.4 Å². The molecule has 0 spiro atoms. The lowest BCUT2D eigenvalue weighted by molar-refractivity contribution is -0.0106. The molecule has 2 bridgehead atoms. The van der Waals surface area contributed by atoms with E-state index in [1.54, 1.807) is 0 Å². The summed E-state index contributed by atoms with van der Waals surface area (Å²) in [6.45, 7) is 2.39. The quantitative estimate of drug-likeness (QED) is 0.720. The van der Waals surface area contributed by atoms with Gasteiger partial charge in [0.25, 0.3) is 0 Å². The molecule has 0 amide bonds. The molecule has 2 nitrogen and oxygen atoms in total. The molecule has 2 aromatic rings. The Bertz CT molecular complexity index is 792. The number of nitrogens with zero attached hydrogens (tertiary/aromatic N) is 1. The molecule has 1 aliphatic heterocycles. The van der Waals surface area contributed by atoms with Gasteiger partial charge in [-0.3, -0.25) is 4.90 Å². The van der Waals surface area contributed by atoms with Crippen molar-refractivity contribution in [2.45, 2.75) is 56.4 Å². The van der Waals surface area contributed by atoms with Gasteiger partial charge in [0.15, 0.2) is 0 Å². The lowest BCUT2D eigenvalue weighted by atomic mass is 9.52. The molecule has 2 aromatic carbocycles. The Labute approximate surface area is 173 Å². The van der Waals surface area contributed by atoms with Crippen LogP contribution in [0.3, 0.4) is 0 Å². The minimum Gasteiger partial charge on any atom is -0.508 e. The van der Waals surface area contributed by atoms with Crippen molar-refractivity contribution in [3.05, 3.63) is 65.2 Å². The zero-order chi connectivity index (χ0) is 17.6. The van der Waals surface area contributed by atoms with Gasteiger partial charge < -0.3 is 5.11 Å². The van der Waals surface area contributed by atoms with Crippen molar-refractivity contribution in [1.82, 2.24) is 4.90 Å². The molecule has 0 unspecified atom stereocenters. The lowest BCUT2D eigenvalue weighted by Crippen LogP contribution is -2.61. The minimum atomic E-state index is 0. The molecule has 27 heavy (non-hydrogen) atoms. The fourth-order valence-electron chi connectivity index (χ4n) is 6.27. The number of hydrogen-bond donors (Lipinski definition) is 1. The second kappa shape index (κ2) is 7.60. The summed E-state index contributed by atoms with van der Waals surface area (Å²) in [5, 5.41) is 10.1. The maximum absolute atomic E-state index is 10.1. The summed E-state index contributed by atoms with van der Waals surface area (Å²) in [6.07, 6.45) is 8.99. The fourth-order valence-corrected chi connectivity index (χ4v) is 6.27. The van der Waals surface area contributed by atoms with Crippen molar-refractivity contribution < 1.29 is 5.11 Å². The number of likely N-dealkylation sites (tertiary alicyclic amines) is 1. The van der Waals surface area contributed by atoms with Crippen LogP contribution in [0.25, 0.3) is 0 Å². The van der Waals surface area contributed by atoms with E-state index in [1.165, 1.54) is 61.9 Å². The first-order valence-corrected chi connectivity index (χ1v) is 10.4. The highest BCUT2D eigenvalue weighted by atomic mass is 79.9. The predicted molar refractivity (Wildman–Crippen MR) is 116 cm³/mol. The second-order valence-corrected chi connectivity index (χ2v) is 8.64. The number of phenolic OH excluding ortho intramolecular Hbond substituents is 1. The van der Waals surface area contributed by atoms with E-state index in [1.807, 2.05) is 6.07 Å². The monoisotopic (exact) mass is 427 g/mol. The van der Waals surface area contributed by atoms with Gasteiger partial charge in [0.2, 0.25) is 0 Å². The first-order chi connectivity index (χ1) is 12.8. The number of benzene rings is 2. The van der Waals surface area contributed by atoms with Crippen molar-refractivity contribution >= 4 is 17.0 Å². The Balaban J connectivity index is 0.00000180. The Morgan fingerprint density at radius 2 is 1.89 bits per heavy atom. The molecule has 3 heteroatoms. The summed E-state index contributed by atoms with van der Waals surface area (Å²) in [6, 6.07) is 17.8. The van der Waals surface area contributed by atoms with Gasteiger partial charge in [-0.25, -0.2) is 0 Å². The number of hydrogen-bond acceptors (Lipinski definition) is 2. The molecule has 1 N–H and O–H groups in total. The van der Waals surface area contributed by atoms with E-state index in [-0.39, 0.29) is 17.0 Å². The lowest BCUT2D eigenvalue weighted by Gasteiger charge is -2.59. The summed E-state index contributed by atoms with van der Waals surface area (Å²) in [5.41, 5.74) is 4.77. The van der Waals surface area contributed by atoms with Crippen LogP contribution in [0.15, 0.2) is 48.5 Å². The summed E-state index contributed by atoms with van der Waals surface area (Å²) in [7, 11) is 0. The summed E-state index contributed by atoms with van der Waals surface area (Å²) < 4.78 is 0. The first kappa shape index (κ1) is 19.0. The van der Waals surface area contributed by atoms with Crippen LogP contribution in [0.2, 0.25) is 0 Å². The number of halogens is 1.